The summed E-state index contributed by atoms with van der Waals surface area (Å²) in [5.74, 6) is -1.21. The molecule has 0 heterocycles. The summed E-state index contributed by atoms with van der Waals surface area (Å²) in [6.07, 6.45) is 0. The number of benzene rings is 2. The molecule has 0 fully saturated rings. The molecule has 0 amide bonds. The zero-order chi connectivity index (χ0) is 21.1. The van der Waals surface area contributed by atoms with Crippen LogP contribution in [0.1, 0.15) is 28.8 Å². The van der Waals surface area contributed by atoms with Gasteiger partial charge in [-0.05, 0) is 12.5 Å². The first kappa shape index (κ1) is 23.2. The highest BCUT2D eigenvalue weighted by Gasteiger charge is 2.34. The Morgan fingerprint density at radius 2 is 1.46 bits per heavy atom. The number of esters is 1. The van der Waals surface area contributed by atoms with Gasteiger partial charge in [0.1, 0.15) is 28.7 Å². The molecule has 0 saturated carbocycles. The molecule has 2 atom stereocenters. The number of hydrogen-bond acceptors (Lipinski definition) is 7. The van der Waals surface area contributed by atoms with E-state index in [1.807, 2.05) is 6.07 Å². The second-order valence-electron chi connectivity index (χ2n) is 5.37. The average molecular weight is 408 g/mol. The fourth-order valence-electron chi connectivity index (χ4n) is 2.66. The van der Waals surface area contributed by atoms with Crippen LogP contribution in [0.3, 0.4) is 0 Å². The van der Waals surface area contributed by atoms with Crippen molar-refractivity contribution < 1.29 is 33.1 Å². The minimum atomic E-state index is -1.12. The molecule has 0 saturated heterocycles. The summed E-state index contributed by atoms with van der Waals surface area (Å²) in [4.78, 5) is 25.9. The van der Waals surface area contributed by atoms with Crippen molar-refractivity contribution in [2.75, 3.05) is 27.9 Å². The van der Waals surface area contributed by atoms with Gasteiger partial charge in [-0.15, -0.1) is 0 Å². The molecule has 0 spiro atoms. The second-order valence-corrected chi connectivity index (χ2v) is 5.37. The van der Waals surface area contributed by atoms with Crippen LogP contribution in [-0.2, 0) is 14.1 Å². The molecule has 2 aromatic carbocycles. The van der Waals surface area contributed by atoms with Gasteiger partial charge in [-0.3, -0.25) is 9.59 Å². The van der Waals surface area contributed by atoms with Crippen LogP contribution in [0.5, 0.6) is 17.2 Å². The molecule has 2 unspecified atom stereocenters. The molecule has 0 aliphatic rings. The van der Waals surface area contributed by atoms with Gasteiger partial charge in [0, 0.05) is 12.1 Å². The maximum atomic E-state index is 13.3. The van der Waals surface area contributed by atoms with Gasteiger partial charge in [-0.1, -0.05) is 30.3 Å². The third-order valence-electron chi connectivity index (χ3n) is 3.88. The smallest absolute Gasteiger partial charge is 0.321 e. The summed E-state index contributed by atoms with van der Waals surface area (Å²) in [6, 6.07) is 11.9. The Kier molecular flexibility index (Phi) is 9.82. The van der Waals surface area contributed by atoms with E-state index in [2.05, 4.69) is 0 Å². The van der Waals surface area contributed by atoms with Gasteiger partial charge in [0.2, 0.25) is 0 Å². The van der Waals surface area contributed by atoms with Gasteiger partial charge in [0.05, 0.1) is 37.1 Å². The normalized spacial score (nSPS) is 10.9. The summed E-state index contributed by atoms with van der Waals surface area (Å²) in [7, 11) is 4.99. The molecule has 0 N–H and O–H groups in total. The van der Waals surface area contributed by atoms with E-state index in [0.717, 1.165) is 0 Å². The monoisotopic (exact) mass is 408 g/mol. The van der Waals surface area contributed by atoms with Crippen LogP contribution in [0.4, 0.5) is 0 Å². The Labute approximate surface area is 166 Å². The summed E-state index contributed by atoms with van der Waals surface area (Å²) in [6.45, 7) is 1.87. The highest BCUT2D eigenvalue weighted by molar-refractivity contribution is 7.00. The van der Waals surface area contributed by atoms with Gasteiger partial charge in [-0.2, -0.15) is 0 Å². The van der Waals surface area contributed by atoms with Crippen molar-refractivity contribution in [3.8, 4) is 17.2 Å². The molecule has 28 heavy (non-hydrogen) atoms. The van der Waals surface area contributed by atoms with Crippen LogP contribution in [0, 0.1) is 0 Å². The van der Waals surface area contributed by atoms with Gasteiger partial charge in [0.15, 0.2) is 5.78 Å². The average Bonchev–Trinajstić information content (AvgIpc) is 2.75. The first-order valence-electron chi connectivity index (χ1n) is 8.42. The lowest BCUT2D eigenvalue weighted by atomic mass is 9.89. The van der Waals surface area contributed by atoms with Crippen molar-refractivity contribution in [1.82, 2.24) is 0 Å². The van der Waals surface area contributed by atoms with E-state index in [4.69, 9.17) is 23.5 Å². The van der Waals surface area contributed by atoms with E-state index in [1.165, 1.54) is 21.3 Å². The van der Waals surface area contributed by atoms with Crippen molar-refractivity contribution in [2.24, 2.45) is 0 Å². The van der Waals surface area contributed by atoms with E-state index < -0.39 is 17.7 Å². The van der Waals surface area contributed by atoms with Gasteiger partial charge >= 0.3 is 5.97 Å². The summed E-state index contributed by atoms with van der Waals surface area (Å²) in [5.41, 5.74) is 0.702. The number of carbonyl (C=O) groups is 2. The zero-order valence-corrected chi connectivity index (χ0v) is 17.8. The maximum absolute atomic E-state index is 13.3. The van der Waals surface area contributed by atoms with Crippen LogP contribution in [0.2, 0.25) is 0 Å². The standard InChI is InChI=1S/C20H22O6.H3OP/c1-5-26-20(22)17(13-9-7-6-8-10-13)19(21)18-15(24-3)11-14(23-2)12-16(18)25-4;1-2/h6-12,17H,5H2,1-4H3;2H3. The molecule has 0 aromatic heterocycles. The van der Waals surface area contributed by atoms with Crippen molar-refractivity contribution in [1.29, 1.82) is 0 Å². The Balaban J connectivity index is 0.00000190. The number of rotatable bonds is 8. The van der Waals surface area contributed by atoms with E-state index in [0.29, 0.717) is 20.4 Å². The largest absolute Gasteiger partial charge is 0.496 e. The topological polar surface area (TPSA) is 88.1 Å². The fourth-order valence-corrected chi connectivity index (χ4v) is 2.66. The highest BCUT2D eigenvalue weighted by Crippen LogP contribution is 2.37. The first-order chi connectivity index (χ1) is 13.6. The SMILES string of the molecule is CCOC(=O)C(C(=O)c1c(OC)cc(OC)cc1OC)c1ccccc1.O=[PH3]. The number of carbonyl (C=O) groups excluding carboxylic acids is 2. The van der Waals surface area contributed by atoms with Crippen molar-refractivity contribution >= 4 is 20.9 Å². The van der Waals surface area contributed by atoms with E-state index in [9.17, 15) is 9.59 Å². The lowest BCUT2D eigenvalue weighted by Gasteiger charge is -2.19. The molecular weight excluding hydrogens is 383 g/mol. The zero-order valence-electron chi connectivity index (χ0n) is 16.4. The number of methoxy groups -OCH3 is 3. The molecule has 0 radical (unpaired) electrons. The lowest BCUT2D eigenvalue weighted by Crippen LogP contribution is -2.25. The minimum Gasteiger partial charge on any atom is -0.496 e. The van der Waals surface area contributed by atoms with E-state index in [-0.39, 0.29) is 23.7 Å². The Morgan fingerprint density at radius 3 is 1.89 bits per heavy atom. The molecule has 2 rings (SSSR count). The third-order valence-corrected chi connectivity index (χ3v) is 3.88. The molecule has 2 aromatic rings. The molecule has 8 heteroatoms. The lowest BCUT2D eigenvalue weighted by molar-refractivity contribution is -0.143. The second kappa shape index (κ2) is 11.8. The predicted octanol–water partition coefficient (Wildman–Crippen LogP) is 3.18. The third kappa shape index (κ3) is 5.36. The van der Waals surface area contributed by atoms with Gasteiger partial charge in [0.25, 0.3) is 0 Å². The van der Waals surface area contributed by atoms with Crippen LogP contribution in [0.15, 0.2) is 42.5 Å². The summed E-state index contributed by atoms with van der Waals surface area (Å²) < 4.78 is 29.3. The van der Waals surface area contributed by atoms with Crippen molar-refractivity contribution in [2.45, 2.75) is 12.8 Å². The minimum absolute atomic E-state index is 0.165. The summed E-state index contributed by atoms with van der Waals surface area (Å²) >= 11 is 0. The van der Waals surface area contributed by atoms with Crippen LogP contribution < -0.4 is 14.2 Å². The number of ether oxygens (including phenoxy) is 4. The van der Waals surface area contributed by atoms with Crippen molar-refractivity contribution in [3.05, 3.63) is 53.6 Å². The number of ketones is 1. The Bertz CT molecular complexity index is 767. The molecule has 152 valence electrons. The fraction of sp³-hybridized carbons (Fsp3) is 0.300. The van der Waals surface area contributed by atoms with Crippen LogP contribution in [0.25, 0.3) is 0 Å². The van der Waals surface area contributed by atoms with Gasteiger partial charge in [-0.25, -0.2) is 0 Å². The molecule has 7 nitrogen and oxygen atoms in total. The van der Waals surface area contributed by atoms with Crippen LogP contribution >= 0.6 is 9.12 Å². The van der Waals surface area contributed by atoms with Crippen molar-refractivity contribution in [3.63, 3.8) is 0 Å². The quantitative estimate of drug-likeness (QED) is 0.287. The Hall–Kier alpha value is -2.79. The first-order valence-corrected chi connectivity index (χ1v) is 8.99. The maximum Gasteiger partial charge on any atom is 0.321 e. The van der Waals surface area contributed by atoms with E-state index >= 15 is 0 Å². The van der Waals surface area contributed by atoms with E-state index in [1.54, 1.807) is 43.3 Å². The Morgan fingerprint density at radius 1 is 0.929 bits per heavy atom. The molecule has 0 aliphatic carbocycles. The number of Topliss-reactive ketones (excluding diaryl/α,β-unsaturated/α-hetero) is 1. The number of hydrogen-bond donors (Lipinski definition) is 0. The van der Waals surface area contributed by atoms with Crippen LogP contribution in [-0.4, -0.2) is 39.7 Å². The molecule has 0 bridgehead atoms. The molecular formula is C20H25O7P. The predicted molar refractivity (Wildman–Crippen MR) is 108 cm³/mol. The molecule has 0 aliphatic heterocycles. The summed E-state index contributed by atoms with van der Waals surface area (Å²) in [5, 5.41) is 0. The highest BCUT2D eigenvalue weighted by atomic mass is 31.0. The van der Waals surface area contributed by atoms with Gasteiger partial charge < -0.3 is 23.5 Å².